The van der Waals surface area contributed by atoms with E-state index in [2.05, 4.69) is 10.4 Å². The number of carboxylic acid groups (broad SMARTS) is 1. The van der Waals surface area contributed by atoms with Crippen LogP contribution in [-0.4, -0.2) is 32.9 Å². The third-order valence-electron chi connectivity index (χ3n) is 3.01. The van der Waals surface area contributed by atoms with Gasteiger partial charge in [-0.1, -0.05) is 32.0 Å². The van der Waals surface area contributed by atoms with E-state index in [1.54, 1.807) is 6.20 Å². The zero-order valence-electron chi connectivity index (χ0n) is 11.2. The molecule has 19 heavy (non-hydrogen) atoms. The van der Waals surface area contributed by atoms with Crippen LogP contribution in [0.4, 0.5) is 0 Å². The third kappa shape index (κ3) is 3.32. The predicted octanol–water partition coefficient (Wildman–Crippen LogP) is 1.88. The standard InChI is InChI=1S/C14H19N3O2/c1-10(2)16-12(14(18)19)7-8-17-13-6-4-3-5-11(13)9-15-17/h3-6,9-10,12,16H,7-8H2,1-2H3,(H,18,19). The van der Waals surface area contributed by atoms with Crippen molar-refractivity contribution in [1.82, 2.24) is 15.1 Å². The van der Waals surface area contributed by atoms with E-state index >= 15 is 0 Å². The molecule has 0 saturated carbocycles. The number of carboxylic acids is 1. The van der Waals surface area contributed by atoms with Gasteiger partial charge in [0, 0.05) is 18.0 Å². The lowest BCUT2D eigenvalue weighted by Crippen LogP contribution is -2.41. The number of para-hydroxylation sites is 1. The van der Waals surface area contributed by atoms with Crippen LogP contribution in [0.5, 0.6) is 0 Å². The number of nitrogens with zero attached hydrogens (tertiary/aromatic N) is 2. The maximum Gasteiger partial charge on any atom is 0.320 e. The maximum absolute atomic E-state index is 11.2. The van der Waals surface area contributed by atoms with Crippen molar-refractivity contribution in [2.75, 3.05) is 0 Å². The monoisotopic (exact) mass is 261 g/mol. The molecule has 1 aromatic heterocycles. The summed E-state index contributed by atoms with van der Waals surface area (Å²) in [6.45, 7) is 4.47. The van der Waals surface area contributed by atoms with Gasteiger partial charge in [-0.3, -0.25) is 9.48 Å². The Morgan fingerprint density at radius 2 is 2.16 bits per heavy atom. The molecule has 0 aliphatic carbocycles. The van der Waals surface area contributed by atoms with E-state index in [9.17, 15) is 9.90 Å². The molecule has 1 aromatic carbocycles. The lowest BCUT2D eigenvalue weighted by atomic mass is 10.2. The van der Waals surface area contributed by atoms with Gasteiger partial charge in [0.05, 0.1) is 11.7 Å². The first-order valence-corrected chi connectivity index (χ1v) is 6.47. The topological polar surface area (TPSA) is 67.2 Å². The highest BCUT2D eigenvalue weighted by Gasteiger charge is 2.18. The quantitative estimate of drug-likeness (QED) is 0.833. The van der Waals surface area contributed by atoms with Crippen molar-refractivity contribution < 1.29 is 9.90 Å². The van der Waals surface area contributed by atoms with Gasteiger partial charge < -0.3 is 10.4 Å². The first-order chi connectivity index (χ1) is 9.08. The highest BCUT2D eigenvalue weighted by Crippen LogP contribution is 2.13. The van der Waals surface area contributed by atoms with E-state index in [-0.39, 0.29) is 6.04 Å². The summed E-state index contributed by atoms with van der Waals surface area (Å²) in [5.41, 5.74) is 1.04. The second-order valence-corrected chi connectivity index (χ2v) is 4.93. The van der Waals surface area contributed by atoms with Crippen LogP contribution in [0.25, 0.3) is 10.9 Å². The molecule has 0 spiro atoms. The number of rotatable bonds is 6. The molecule has 0 amide bonds. The largest absolute Gasteiger partial charge is 0.480 e. The van der Waals surface area contributed by atoms with Gasteiger partial charge in [-0.05, 0) is 12.5 Å². The Kier molecular flexibility index (Phi) is 4.16. The second kappa shape index (κ2) is 5.84. The fraction of sp³-hybridized carbons (Fsp3) is 0.429. The Hall–Kier alpha value is -1.88. The summed E-state index contributed by atoms with van der Waals surface area (Å²) in [5, 5.41) is 17.6. The summed E-state index contributed by atoms with van der Waals surface area (Å²) in [4.78, 5) is 11.2. The Morgan fingerprint density at radius 3 is 2.84 bits per heavy atom. The summed E-state index contributed by atoms with van der Waals surface area (Å²) in [7, 11) is 0. The molecule has 2 N–H and O–H groups in total. The molecule has 0 aliphatic heterocycles. The molecule has 0 saturated heterocycles. The third-order valence-corrected chi connectivity index (χ3v) is 3.01. The number of aliphatic carboxylic acids is 1. The molecule has 5 heteroatoms. The number of aryl methyl sites for hydroxylation is 1. The molecule has 1 atom stereocenters. The van der Waals surface area contributed by atoms with Crippen molar-refractivity contribution in [2.24, 2.45) is 0 Å². The number of aromatic nitrogens is 2. The van der Waals surface area contributed by atoms with E-state index in [1.165, 1.54) is 0 Å². The highest BCUT2D eigenvalue weighted by molar-refractivity contribution is 5.78. The van der Waals surface area contributed by atoms with Crippen LogP contribution in [0.1, 0.15) is 20.3 Å². The fourth-order valence-electron chi connectivity index (χ4n) is 2.14. The van der Waals surface area contributed by atoms with E-state index in [0.29, 0.717) is 13.0 Å². The van der Waals surface area contributed by atoms with E-state index in [0.717, 1.165) is 10.9 Å². The minimum absolute atomic E-state index is 0.149. The van der Waals surface area contributed by atoms with Crippen molar-refractivity contribution >= 4 is 16.9 Å². The zero-order chi connectivity index (χ0) is 13.8. The Bertz CT molecular complexity index is 563. The van der Waals surface area contributed by atoms with Crippen LogP contribution in [0, 0.1) is 0 Å². The van der Waals surface area contributed by atoms with E-state index < -0.39 is 12.0 Å². The molecular formula is C14H19N3O2. The van der Waals surface area contributed by atoms with E-state index in [1.807, 2.05) is 42.8 Å². The number of carbonyl (C=O) groups is 1. The number of benzene rings is 1. The molecule has 1 unspecified atom stereocenters. The summed E-state index contributed by atoms with van der Waals surface area (Å²) in [6.07, 6.45) is 2.32. The Balaban J connectivity index is 2.06. The first-order valence-electron chi connectivity index (χ1n) is 6.47. The van der Waals surface area contributed by atoms with Crippen molar-refractivity contribution in [3.63, 3.8) is 0 Å². The van der Waals surface area contributed by atoms with Gasteiger partial charge in [-0.25, -0.2) is 0 Å². The van der Waals surface area contributed by atoms with Gasteiger partial charge >= 0.3 is 5.97 Å². The smallest absolute Gasteiger partial charge is 0.320 e. The molecule has 0 fully saturated rings. The van der Waals surface area contributed by atoms with Gasteiger partial charge in [0.1, 0.15) is 6.04 Å². The number of nitrogens with one attached hydrogen (secondary N) is 1. The van der Waals surface area contributed by atoms with Gasteiger partial charge in [-0.15, -0.1) is 0 Å². The summed E-state index contributed by atoms with van der Waals surface area (Å²) in [6, 6.07) is 7.53. The van der Waals surface area contributed by atoms with Gasteiger partial charge in [0.25, 0.3) is 0 Å². The van der Waals surface area contributed by atoms with Gasteiger partial charge in [-0.2, -0.15) is 5.10 Å². The highest BCUT2D eigenvalue weighted by atomic mass is 16.4. The maximum atomic E-state index is 11.2. The number of fused-ring (bicyclic) bond motifs is 1. The Morgan fingerprint density at radius 1 is 1.42 bits per heavy atom. The van der Waals surface area contributed by atoms with Crippen LogP contribution in [-0.2, 0) is 11.3 Å². The van der Waals surface area contributed by atoms with Crippen LogP contribution in [0.15, 0.2) is 30.5 Å². The number of hydrogen-bond donors (Lipinski definition) is 2. The summed E-state index contributed by atoms with van der Waals surface area (Å²) in [5.74, 6) is -0.815. The van der Waals surface area contributed by atoms with E-state index in [4.69, 9.17) is 0 Å². The van der Waals surface area contributed by atoms with Crippen LogP contribution in [0.2, 0.25) is 0 Å². The lowest BCUT2D eigenvalue weighted by molar-refractivity contribution is -0.139. The van der Waals surface area contributed by atoms with Crippen LogP contribution < -0.4 is 5.32 Å². The van der Waals surface area contributed by atoms with Gasteiger partial charge in [0.2, 0.25) is 0 Å². The molecule has 0 aliphatic rings. The summed E-state index contributed by atoms with van der Waals surface area (Å²) < 4.78 is 1.85. The van der Waals surface area contributed by atoms with Crippen LogP contribution >= 0.6 is 0 Å². The zero-order valence-corrected chi connectivity index (χ0v) is 11.2. The molecule has 1 heterocycles. The van der Waals surface area contributed by atoms with Crippen LogP contribution in [0.3, 0.4) is 0 Å². The van der Waals surface area contributed by atoms with Gasteiger partial charge in [0.15, 0.2) is 0 Å². The molecule has 2 aromatic rings. The molecule has 5 nitrogen and oxygen atoms in total. The average molecular weight is 261 g/mol. The molecule has 102 valence electrons. The number of hydrogen-bond acceptors (Lipinski definition) is 3. The summed E-state index contributed by atoms with van der Waals surface area (Å²) >= 11 is 0. The SMILES string of the molecule is CC(C)NC(CCn1ncc2ccccc21)C(=O)O. The average Bonchev–Trinajstić information content (AvgIpc) is 2.77. The second-order valence-electron chi connectivity index (χ2n) is 4.93. The van der Waals surface area contributed by atoms with Crippen molar-refractivity contribution in [3.8, 4) is 0 Å². The lowest BCUT2D eigenvalue weighted by Gasteiger charge is -2.17. The molecule has 0 radical (unpaired) electrons. The Labute approximate surface area is 112 Å². The molecule has 2 rings (SSSR count). The van der Waals surface area contributed by atoms with Crippen molar-refractivity contribution in [3.05, 3.63) is 30.5 Å². The normalized spacial score (nSPS) is 13.0. The fourth-order valence-corrected chi connectivity index (χ4v) is 2.14. The first kappa shape index (κ1) is 13.5. The predicted molar refractivity (Wildman–Crippen MR) is 74.0 cm³/mol. The molecular weight excluding hydrogens is 242 g/mol. The van der Waals surface area contributed by atoms with Crippen molar-refractivity contribution in [1.29, 1.82) is 0 Å². The minimum atomic E-state index is -0.815. The molecule has 0 bridgehead atoms. The minimum Gasteiger partial charge on any atom is -0.480 e. The van der Waals surface area contributed by atoms with Crippen molar-refractivity contribution in [2.45, 2.75) is 38.9 Å².